The number of halogens is 1. The summed E-state index contributed by atoms with van der Waals surface area (Å²) in [6.07, 6.45) is 0. The fourth-order valence-corrected chi connectivity index (χ4v) is 2.15. The first kappa shape index (κ1) is 15.2. The molecule has 6 heteroatoms. The summed E-state index contributed by atoms with van der Waals surface area (Å²) in [6, 6.07) is 12.2. The number of carbonyl (C=O) groups is 1. The summed E-state index contributed by atoms with van der Waals surface area (Å²) in [5.74, 6) is 1.18. The van der Waals surface area contributed by atoms with Gasteiger partial charge >= 0.3 is 6.03 Å². The average Bonchev–Trinajstić information content (AvgIpc) is 2.47. The molecule has 2 rings (SSSR count). The van der Waals surface area contributed by atoms with Crippen molar-refractivity contribution in [3.8, 4) is 11.5 Å². The Hall–Kier alpha value is -2.21. The van der Waals surface area contributed by atoms with E-state index in [1.807, 2.05) is 18.2 Å². The fraction of sp³-hybridized carbons (Fsp3) is 0.133. The van der Waals surface area contributed by atoms with E-state index in [0.29, 0.717) is 22.9 Å². The van der Waals surface area contributed by atoms with Crippen molar-refractivity contribution in [3.05, 3.63) is 46.9 Å². The lowest BCUT2D eigenvalue weighted by molar-refractivity contribution is 0.262. The number of rotatable bonds is 4. The number of amides is 2. The lowest BCUT2D eigenvalue weighted by Crippen LogP contribution is -2.19. The van der Waals surface area contributed by atoms with Crippen LogP contribution in [0, 0.1) is 0 Å². The van der Waals surface area contributed by atoms with Gasteiger partial charge in [-0.3, -0.25) is 0 Å². The summed E-state index contributed by atoms with van der Waals surface area (Å²) in [5, 5.41) is 5.48. The number of ether oxygens (including phenoxy) is 2. The molecule has 0 fully saturated rings. The Morgan fingerprint density at radius 3 is 2.52 bits per heavy atom. The first-order valence-electron chi connectivity index (χ1n) is 6.18. The van der Waals surface area contributed by atoms with Crippen molar-refractivity contribution in [3.63, 3.8) is 0 Å². The molecule has 0 spiro atoms. The van der Waals surface area contributed by atoms with Gasteiger partial charge < -0.3 is 20.1 Å². The summed E-state index contributed by atoms with van der Waals surface area (Å²) < 4.78 is 11.2. The van der Waals surface area contributed by atoms with E-state index in [2.05, 4.69) is 26.6 Å². The molecule has 0 saturated carbocycles. The molecule has 0 aliphatic heterocycles. The van der Waals surface area contributed by atoms with E-state index in [1.165, 1.54) is 7.11 Å². The third-order valence-electron chi connectivity index (χ3n) is 2.74. The molecule has 0 bridgehead atoms. The van der Waals surface area contributed by atoms with Gasteiger partial charge in [0, 0.05) is 16.2 Å². The number of carbonyl (C=O) groups excluding carboxylic acids is 1. The molecule has 0 aliphatic carbocycles. The molecule has 0 radical (unpaired) electrons. The van der Waals surface area contributed by atoms with Crippen molar-refractivity contribution >= 4 is 33.3 Å². The zero-order valence-electron chi connectivity index (χ0n) is 11.6. The van der Waals surface area contributed by atoms with Crippen LogP contribution in [0.5, 0.6) is 11.5 Å². The lowest BCUT2D eigenvalue weighted by Gasteiger charge is -2.12. The molecule has 2 aromatic rings. The number of anilines is 2. The van der Waals surface area contributed by atoms with Gasteiger partial charge in [-0.05, 0) is 30.3 Å². The molecule has 0 saturated heterocycles. The zero-order valence-corrected chi connectivity index (χ0v) is 13.2. The average molecular weight is 351 g/mol. The molecule has 0 unspecified atom stereocenters. The predicted octanol–water partition coefficient (Wildman–Crippen LogP) is 4.11. The van der Waals surface area contributed by atoms with Crippen molar-refractivity contribution < 1.29 is 14.3 Å². The van der Waals surface area contributed by atoms with Gasteiger partial charge in [-0.15, -0.1) is 0 Å². The van der Waals surface area contributed by atoms with E-state index in [0.717, 1.165) is 4.47 Å². The second-order valence-corrected chi connectivity index (χ2v) is 5.07. The first-order valence-corrected chi connectivity index (χ1v) is 6.97. The van der Waals surface area contributed by atoms with Crippen LogP contribution in [0.4, 0.5) is 16.2 Å². The van der Waals surface area contributed by atoms with E-state index < -0.39 is 0 Å². The van der Waals surface area contributed by atoms with Crippen LogP contribution in [-0.4, -0.2) is 20.3 Å². The molecule has 0 atom stereocenters. The zero-order chi connectivity index (χ0) is 15.2. The maximum absolute atomic E-state index is 12.0. The largest absolute Gasteiger partial charge is 0.497 e. The van der Waals surface area contributed by atoms with Crippen LogP contribution in [-0.2, 0) is 0 Å². The van der Waals surface area contributed by atoms with Crippen LogP contribution in [0.2, 0.25) is 0 Å². The normalized spacial score (nSPS) is 9.86. The SMILES string of the molecule is COc1ccc(NC(=O)Nc2cccc(Br)c2)c(OC)c1. The maximum atomic E-state index is 12.0. The fourth-order valence-electron chi connectivity index (χ4n) is 1.75. The minimum Gasteiger partial charge on any atom is -0.497 e. The molecule has 110 valence electrons. The predicted molar refractivity (Wildman–Crippen MR) is 86.3 cm³/mol. The molecule has 0 aliphatic rings. The molecule has 0 heterocycles. The molecular formula is C15H15BrN2O3. The summed E-state index contributed by atoms with van der Waals surface area (Å²) in [4.78, 5) is 12.0. The van der Waals surface area contributed by atoms with Crippen LogP contribution in [0.3, 0.4) is 0 Å². The number of hydrogen-bond donors (Lipinski definition) is 2. The Kier molecular flexibility index (Phi) is 5.05. The van der Waals surface area contributed by atoms with E-state index in [-0.39, 0.29) is 6.03 Å². The quantitative estimate of drug-likeness (QED) is 0.872. The highest BCUT2D eigenvalue weighted by atomic mass is 79.9. The van der Waals surface area contributed by atoms with Crippen molar-refractivity contribution in [2.75, 3.05) is 24.9 Å². The van der Waals surface area contributed by atoms with Gasteiger partial charge in [0.05, 0.1) is 19.9 Å². The van der Waals surface area contributed by atoms with Crippen LogP contribution in [0.1, 0.15) is 0 Å². The molecule has 0 aromatic heterocycles. The highest BCUT2D eigenvalue weighted by Crippen LogP contribution is 2.29. The molecule has 5 nitrogen and oxygen atoms in total. The van der Waals surface area contributed by atoms with Gasteiger partial charge in [0.2, 0.25) is 0 Å². The van der Waals surface area contributed by atoms with Crippen molar-refractivity contribution in [2.45, 2.75) is 0 Å². The van der Waals surface area contributed by atoms with Crippen molar-refractivity contribution in [1.29, 1.82) is 0 Å². The van der Waals surface area contributed by atoms with Gasteiger partial charge in [-0.25, -0.2) is 4.79 Å². The van der Waals surface area contributed by atoms with Gasteiger partial charge in [-0.2, -0.15) is 0 Å². The van der Waals surface area contributed by atoms with E-state index >= 15 is 0 Å². The third kappa shape index (κ3) is 4.13. The number of hydrogen-bond acceptors (Lipinski definition) is 3. The van der Waals surface area contributed by atoms with Crippen LogP contribution in [0.15, 0.2) is 46.9 Å². The molecular weight excluding hydrogens is 336 g/mol. The lowest BCUT2D eigenvalue weighted by atomic mass is 10.2. The Labute approximate surface area is 131 Å². The van der Waals surface area contributed by atoms with Crippen LogP contribution >= 0.6 is 15.9 Å². The summed E-state index contributed by atoms with van der Waals surface area (Å²) in [5.41, 5.74) is 1.25. The van der Waals surface area contributed by atoms with Gasteiger partial charge in [0.25, 0.3) is 0 Å². The molecule has 2 N–H and O–H groups in total. The second-order valence-electron chi connectivity index (χ2n) is 4.16. The van der Waals surface area contributed by atoms with E-state index in [1.54, 1.807) is 31.4 Å². The van der Waals surface area contributed by atoms with Crippen LogP contribution in [0.25, 0.3) is 0 Å². The smallest absolute Gasteiger partial charge is 0.323 e. The molecule has 21 heavy (non-hydrogen) atoms. The summed E-state index contributed by atoms with van der Waals surface area (Å²) in [6.45, 7) is 0. The van der Waals surface area contributed by atoms with Gasteiger partial charge in [0.15, 0.2) is 0 Å². The second kappa shape index (κ2) is 6.99. The Balaban J connectivity index is 2.09. The minimum atomic E-state index is -0.350. The summed E-state index contributed by atoms with van der Waals surface area (Å²) in [7, 11) is 3.11. The van der Waals surface area contributed by atoms with Crippen molar-refractivity contribution in [1.82, 2.24) is 0 Å². The molecule has 2 aromatic carbocycles. The first-order chi connectivity index (χ1) is 10.1. The number of benzene rings is 2. The Bertz CT molecular complexity index is 647. The van der Waals surface area contributed by atoms with Crippen molar-refractivity contribution in [2.24, 2.45) is 0 Å². The Morgan fingerprint density at radius 1 is 1.05 bits per heavy atom. The Morgan fingerprint density at radius 2 is 1.86 bits per heavy atom. The van der Waals surface area contributed by atoms with Gasteiger partial charge in [-0.1, -0.05) is 22.0 Å². The number of urea groups is 1. The van der Waals surface area contributed by atoms with Gasteiger partial charge in [0.1, 0.15) is 11.5 Å². The van der Waals surface area contributed by atoms with Crippen LogP contribution < -0.4 is 20.1 Å². The van der Waals surface area contributed by atoms with E-state index in [9.17, 15) is 4.79 Å². The maximum Gasteiger partial charge on any atom is 0.323 e. The topological polar surface area (TPSA) is 59.6 Å². The minimum absolute atomic E-state index is 0.350. The highest BCUT2D eigenvalue weighted by Gasteiger charge is 2.09. The summed E-state index contributed by atoms with van der Waals surface area (Å²) >= 11 is 3.35. The monoisotopic (exact) mass is 350 g/mol. The molecule has 2 amide bonds. The third-order valence-corrected chi connectivity index (χ3v) is 3.23. The number of nitrogens with one attached hydrogen (secondary N) is 2. The highest BCUT2D eigenvalue weighted by molar-refractivity contribution is 9.10. The van der Waals surface area contributed by atoms with E-state index in [4.69, 9.17) is 9.47 Å². The number of methoxy groups -OCH3 is 2. The standard InChI is InChI=1S/C15H15BrN2O3/c1-20-12-6-7-13(14(9-12)21-2)18-15(19)17-11-5-3-4-10(16)8-11/h3-9H,1-2H3,(H2,17,18,19).